The lowest BCUT2D eigenvalue weighted by Crippen LogP contribution is -2.26. The highest BCUT2D eigenvalue weighted by Crippen LogP contribution is 2.24. The number of halogens is 1. The molecule has 0 amide bonds. The van der Waals surface area contributed by atoms with E-state index in [9.17, 15) is 0 Å². The van der Waals surface area contributed by atoms with Crippen molar-refractivity contribution < 1.29 is 4.42 Å². The molecule has 0 aliphatic heterocycles. The van der Waals surface area contributed by atoms with Crippen LogP contribution in [0.2, 0.25) is 0 Å². The van der Waals surface area contributed by atoms with Crippen molar-refractivity contribution in [3.63, 3.8) is 0 Å². The van der Waals surface area contributed by atoms with Crippen LogP contribution in [0.25, 0.3) is 0 Å². The fraction of sp³-hybridized carbons (Fsp3) is 0.467. The number of hydrogen-bond donors (Lipinski definition) is 0. The second-order valence-electron chi connectivity index (χ2n) is 4.72. The summed E-state index contributed by atoms with van der Waals surface area (Å²) in [6, 6.07) is 8.39. The number of aromatic nitrogens is 2. The van der Waals surface area contributed by atoms with Crippen molar-refractivity contribution in [2.45, 2.75) is 39.8 Å². The minimum atomic E-state index is 0.111. The van der Waals surface area contributed by atoms with E-state index in [1.165, 1.54) is 5.56 Å². The molecule has 0 aliphatic carbocycles. The molecule has 0 fully saturated rings. The largest absolute Gasteiger partial charge is 0.424 e. The van der Waals surface area contributed by atoms with Crippen molar-refractivity contribution in [3.8, 4) is 0 Å². The van der Waals surface area contributed by atoms with Crippen LogP contribution < -0.4 is 0 Å². The monoisotopic (exact) mass is 337 g/mol. The van der Waals surface area contributed by atoms with Crippen LogP contribution in [0.3, 0.4) is 0 Å². The summed E-state index contributed by atoms with van der Waals surface area (Å²) in [5.74, 6) is 1.39. The fourth-order valence-electron chi connectivity index (χ4n) is 2.10. The van der Waals surface area contributed by atoms with Crippen LogP contribution in [-0.2, 0) is 13.0 Å². The first-order chi connectivity index (χ1) is 9.65. The molecule has 0 N–H and O–H groups in total. The van der Waals surface area contributed by atoms with Gasteiger partial charge in [-0.3, -0.25) is 4.90 Å². The maximum absolute atomic E-state index is 5.67. The number of nitrogens with zero attached hydrogens (tertiary/aromatic N) is 3. The third-order valence-electron chi connectivity index (χ3n) is 3.43. The van der Waals surface area contributed by atoms with Crippen LogP contribution in [0.4, 0.5) is 0 Å². The smallest absolute Gasteiger partial charge is 0.233 e. The number of rotatable bonds is 6. The molecule has 0 saturated heterocycles. The molecule has 0 spiro atoms. The fourth-order valence-corrected chi connectivity index (χ4v) is 2.51. The number of hydrogen-bond acceptors (Lipinski definition) is 4. The first-order valence-corrected chi connectivity index (χ1v) is 7.74. The predicted molar refractivity (Wildman–Crippen MR) is 82.3 cm³/mol. The van der Waals surface area contributed by atoms with Crippen molar-refractivity contribution in [2.75, 3.05) is 6.54 Å². The predicted octanol–water partition coefficient (Wildman–Crippen LogP) is 3.98. The maximum atomic E-state index is 5.67. The van der Waals surface area contributed by atoms with Gasteiger partial charge in [-0.25, -0.2) is 0 Å². The Morgan fingerprint density at radius 2 is 2.00 bits per heavy atom. The quantitative estimate of drug-likeness (QED) is 0.799. The molecule has 0 bridgehead atoms. The van der Waals surface area contributed by atoms with Gasteiger partial charge in [0.05, 0.1) is 6.04 Å². The molecular formula is C15H20BrN3O. The topological polar surface area (TPSA) is 42.2 Å². The summed E-state index contributed by atoms with van der Waals surface area (Å²) in [7, 11) is 0. The number of benzene rings is 1. The third-order valence-corrected chi connectivity index (χ3v) is 4.20. The maximum Gasteiger partial charge on any atom is 0.233 e. The van der Waals surface area contributed by atoms with E-state index < -0.39 is 0 Å². The van der Waals surface area contributed by atoms with Gasteiger partial charge in [0.2, 0.25) is 11.8 Å². The SMILES string of the molecule is CCc1nnc(C(C)N(CC)Cc2ccccc2Br)o1. The van der Waals surface area contributed by atoms with Crippen molar-refractivity contribution >= 4 is 15.9 Å². The summed E-state index contributed by atoms with van der Waals surface area (Å²) < 4.78 is 6.80. The second-order valence-corrected chi connectivity index (χ2v) is 5.57. The van der Waals surface area contributed by atoms with Crippen LogP contribution in [0.5, 0.6) is 0 Å². The zero-order chi connectivity index (χ0) is 14.5. The molecule has 1 unspecified atom stereocenters. The average molecular weight is 338 g/mol. The highest BCUT2D eigenvalue weighted by molar-refractivity contribution is 9.10. The molecule has 108 valence electrons. The highest BCUT2D eigenvalue weighted by atomic mass is 79.9. The molecule has 1 aromatic heterocycles. The lowest BCUT2D eigenvalue weighted by Gasteiger charge is -2.25. The second kappa shape index (κ2) is 6.99. The number of aryl methyl sites for hydroxylation is 1. The van der Waals surface area contributed by atoms with E-state index in [0.717, 1.165) is 24.0 Å². The van der Waals surface area contributed by atoms with Crippen LogP contribution in [-0.4, -0.2) is 21.6 Å². The molecule has 2 aromatic rings. The van der Waals surface area contributed by atoms with Crippen LogP contribution in [0.1, 0.15) is 44.2 Å². The summed E-state index contributed by atoms with van der Waals surface area (Å²) in [5.41, 5.74) is 1.26. The highest BCUT2D eigenvalue weighted by Gasteiger charge is 2.20. The zero-order valence-electron chi connectivity index (χ0n) is 12.1. The standard InChI is InChI=1S/C15H20BrN3O/c1-4-14-17-18-15(20-14)11(3)19(5-2)10-12-8-6-7-9-13(12)16/h6-9,11H,4-5,10H2,1-3H3. The normalized spacial score (nSPS) is 12.8. The first-order valence-electron chi connectivity index (χ1n) is 6.95. The molecule has 0 saturated carbocycles. The van der Waals surface area contributed by atoms with E-state index in [0.29, 0.717) is 11.8 Å². The van der Waals surface area contributed by atoms with E-state index in [-0.39, 0.29) is 6.04 Å². The lowest BCUT2D eigenvalue weighted by molar-refractivity contribution is 0.181. The van der Waals surface area contributed by atoms with Crippen LogP contribution >= 0.6 is 15.9 Å². The van der Waals surface area contributed by atoms with Crippen molar-refractivity contribution in [1.29, 1.82) is 0 Å². The van der Waals surface area contributed by atoms with Crippen molar-refractivity contribution in [2.24, 2.45) is 0 Å². The minimum Gasteiger partial charge on any atom is -0.424 e. The van der Waals surface area contributed by atoms with Gasteiger partial charge in [-0.05, 0) is 25.1 Å². The van der Waals surface area contributed by atoms with E-state index in [1.54, 1.807) is 0 Å². The summed E-state index contributed by atoms with van der Waals surface area (Å²) in [4.78, 5) is 2.31. The first kappa shape index (κ1) is 15.2. The Morgan fingerprint density at radius 1 is 1.25 bits per heavy atom. The van der Waals surface area contributed by atoms with Gasteiger partial charge in [-0.15, -0.1) is 10.2 Å². The van der Waals surface area contributed by atoms with Crippen LogP contribution in [0.15, 0.2) is 33.2 Å². The van der Waals surface area contributed by atoms with Gasteiger partial charge < -0.3 is 4.42 Å². The minimum absolute atomic E-state index is 0.111. The zero-order valence-corrected chi connectivity index (χ0v) is 13.7. The summed E-state index contributed by atoms with van der Waals surface area (Å²) in [5, 5.41) is 8.19. The summed E-state index contributed by atoms with van der Waals surface area (Å²) >= 11 is 3.60. The van der Waals surface area contributed by atoms with Crippen molar-refractivity contribution in [3.05, 3.63) is 46.1 Å². The Labute approximate surface area is 128 Å². The van der Waals surface area contributed by atoms with Gasteiger partial charge in [0.15, 0.2) is 0 Å². The summed E-state index contributed by atoms with van der Waals surface area (Å²) in [6.07, 6.45) is 0.774. The molecule has 1 atom stereocenters. The molecule has 20 heavy (non-hydrogen) atoms. The Balaban J connectivity index is 2.13. The Kier molecular flexibility index (Phi) is 5.31. The van der Waals surface area contributed by atoms with E-state index in [4.69, 9.17) is 4.42 Å². The molecule has 5 heteroatoms. The molecule has 2 rings (SSSR count). The summed E-state index contributed by atoms with van der Waals surface area (Å²) in [6.45, 7) is 8.04. The molecule has 1 heterocycles. The van der Waals surface area contributed by atoms with Crippen LogP contribution in [0, 0.1) is 0 Å². The Hall–Kier alpha value is -1.20. The molecule has 4 nitrogen and oxygen atoms in total. The third kappa shape index (κ3) is 3.46. The van der Waals surface area contributed by atoms with Gasteiger partial charge in [0, 0.05) is 17.4 Å². The van der Waals surface area contributed by atoms with E-state index in [2.05, 4.69) is 63.1 Å². The Bertz CT molecular complexity index is 556. The molecule has 0 radical (unpaired) electrons. The van der Waals surface area contributed by atoms with E-state index >= 15 is 0 Å². The molecular weight excluding hydrogens is 318 g/mol. The van der Waals surface area contributed by atoms with Gasteiger partial charge in [-0.1, -0.05) is 48.0 Å². The van der Waals surface area contributed by atoms with Gasteiger partial charge >= 0.3 is 0 Å². The lowest BCUT2D eigenvalue weighted by atomic mass is 10.2. The van der Waals surface area contributed by atoms with Gasteiger partial charge in [0.1, 0.15) is 0 Å². The van der Waals surface area contributed by atoms with Gasteiger partial charge in [0.25, 0.3) is 0 Å². The Morgan fingerprint density at radius 3 is 2.60 bits per heavy atom. The molecule has 1 aromatic carbocycles. The molecule has 0 aliphatic rings. The van der Waals surface area contributed by atoms with Crippen molar-refractivity contribution in [1.82, 2.24) is 15.1 Å². The van der Waals surface area contributed by atoms with E-state index in [1.807, 2.05) is 13.0 Å². The average Bonchev–Trinajstić information content (AvgIpc) is 2.94. The van der Waals surface area contributed by atoms with Gasteiger partial charge in [-0.2, -0.15) is 0 Å².